The van der Waals surface area contributed by atoms with Gasteiger partial charge in [0.25, 0.3) is 0 Å². The van der Waals surface area contributed by atoms with E-state index in [0.29, 0.717) is 31.1 Å². The van der Waals surface area contributed by atoms with Gasteiger partial charge in [-0.05, 0) is 74.9 Å². The predicted octanol–water partition coefficient (Wildman–Crippen LogP) is 3.50. The first-order chi connectivity index (χ1) is 14.4. The fraction of sp³-hybridized carbons (Fsp3) is 0.500. The van der Waals surface area contributed by atoms with Gasteiger partial charge in [0.05, 0.1) is 11.4 Å². The highest BCUT2D eigenvalue weighted by molar-refractivity contribution is 7.89. The maximum Gasteiger partial charge on any atom is 0.243 e. The fourth-order valence-corrected chi connectivity index (χ4v) is 6.67. The Morgan fingerprint density at radius 2 is 1.93 bits per heavy atom. The van der Waals surface area contributed by atoms with Gasteiger partial charge in [0, 0.05) is 36.2 Å². The van der Waals surface area contributed by atoms with Crippen LogP contribution in [0.4, 0.5) is 5.69 Å². The molecule has 8 heteroatoms. The zero-order chi connectivity index (χ0) is 21.3. The summed E-state index contributed by atoms with van der Waals surface area (Å²) in [6.07, 6.45) is 3.48. The van der Waals surface area contributed by atoms with Crippen molar-refractivity contribution < 1.29 is 13.2 Å². The van der Waals surface area contributed by atoms with Gasteiger partial charge in [0.1, 0.15) is 0 Å². The van der Waals surface area contributed by atoms with E-state index in [1.807, 2.05) is 24.1 Å². The zero-order valence-electron chi connectivity index (χ0n) is 17.6. The predicted molar refractivity (Wildman–Crippen MR) is 120 cm³/mol. The Kier molecular flexibility index (Phi) is 6.29. The van der Waals surface area contributed by atoms with Crippen LogP contribution in [0.5, 0.6) is 0 Å². The molecular formula is C22H29N3O3S2. The Balaban J connectivity index is 1.51. The average molecular weight is 448 g/mol. The third-order valence-corrected chi connectivity index (χ3v) is 9.11. The van der Waals surface area contributed by atoms with Crippen molar-refractivity contribution in [2.45, 2.75) is 43.5 Å². The summed E-state index contributed by atoms with van der Waals surface area (Å²) in [4.78, 5) is 18.6. The third-order valence-electron chi connectivity index (χ3n) is 6.17. The summed E-state index contributed by atoms with van der Waals surface area (Å²) in [6, 6.07) is 9.55. The highest BCUT2D eigenvalue weighted by Crippen LogP contribution is 2.32. The molecule has 6 nitrogen and oxygen atoms in total. The largest absolute Gasteiger partial charge is 0.311 e. The second-order valence-electron chi connectivity index (χ2n) is 8.16. The van der Waals surface area contributed by atoms with Crippen LogP contribution in [0.1, 0.15) is 42.7 Å². The first-order valence-electron chi connectivity index (χ1n) is 10.5. The second-order valence-corrected chi connectivity index (χ2v) is 11.1. The van der Waals surface area contributed by atoms with Crippen molar-refractivity contribution in [3.63, 3.8) is 0 Å². The minimum absolute atomic E-state index is 0.0528. The number of thiophene rings is 1. The molecule has 1 aromatic heterocycles. The van der Waals surface area contributed by atoms with Gasteiger partial charge in [-0.2, -0.15) is 4.31 Å². The Morgan fingerprint density at radius 3 is 2.63 bits per heavy atom. The van der Waals surface area contributed by atoms with Gasteiger partial charge in [-0.25, -0.2) is 8.42 Å². The number of fused-ring (bicyclic) bond motifs is 1. The van der Waals surface area contributed by atoms with Crippen molar-refractivity contribution >= 4 is 33.0 Å². The summed E-state index contributed by atoms with van der Waals surface area (Å²) >= 11 is 1.70. The van der Waals surface area contributed by atoms with Crippen molar-refractivity contribution in [1.82, 2.24) is 9.21 Å². The topological polar surface area (TPSA) is 60.9 Å². The van der Waals surface area contributed by atoms with Crippen LogP contribution in [-0.2, 0) is 21.2 Å². The van der Waals surface area contributed by atoms with Crippen LogP contribution < -0.4 is 4.90 Å². The monoisotopic (exact) mass is 447 g/mol. The first-order valence-corrected chi connectivity index (χ1v) is 12.9. The average Bonchev–Trinajstić information content (AvgIpc) is 3.46. The molecule has 0 bridgehead atoms. The van der Waals surface area contributed by atoms with E-state index >= 15 is 0 Å². The Bertz CT molecular complexity index is 999. The number of likely N-dealkylation sites (N-methyl/N-ethyl adjacent to an activating group) is 1. The van der Waals surface area contributed by atoms with Crippen LogP contribution in [0.25, 0.3) is 0 Å². The number of benzene rings is 1. The number of rotatable bonds is 6. The molecule has 1 unspecified atom stereocenters. The Labute approximate surface area is 183 Å². The van der Waals surface area contributed by atoms with E-state index in [9.17, 15) is 13.2 Å². The van der Waals surface area contributed by atoms with Crippen molar-refractivity contribution in [2.75, 3.05) is 38.1 Å². The van der Waals surface area contributed by atoms with Crippen LogP contribution >= 0.6 is 11.3 Å². The molecule has 1 saturated heterocycles. The van der Waals surface area contributed by atoms with Crippen LogP contribution in [-0.4, -0.2) is 56.8 Å². The van der Waals surface area contributed by atoms with E-state index in [1.165, 1.54) is 4.88 Å². The summed E-state index contributed by atoms with van der Waals surface area (Å²) in [6.45, 7) is 4.30. The maximum atomic E-state index is 13.1. The smallest absolute Gasteiger partial charge is 0.243 e. The molecule has 0 radical (unpaired) electrons. The van der Waals surface area contributed by atoms with Crippen LogP contribution in [0.2, 0.25) is 0 Å². The number of hydrogen-bond acceptors (Lipinski definition) is 5. The van der Waals surface area contributed by atoms with E-state index in [-0.39, 0.29) is 11.9 Å². The summed E-state index contributed by atoms with van der Waals surface area (Å²) in [5.74, 6) is 0.0528. The standard InChI is InChI=1S/C22H29N3O3S2/c1-17(21-8-6-14-29-21)23(2)16-22(26)25-13-5-7-18-15-19(9-10-20(18)25)30(27,28)24-11-3-4-12-24/h6,8-10,14-15,17H,3-5,7,11-13,16H2,1-2H3. The molecular weight excluding hydrogens is 418 g/mol. The maximum absolute atomic E-state index is 13.1. The number of aryl methyl sites for hydroxylation is 1. The molecule has 0 aliphatic carbocycles. The van der Waals surface area contributed by atoms with E-state index in [4.69, 9.17) is 0 Å². The first kappa shape index (κ1) is 21.5. The van der Waals surface area contributed by atoms with Gasteiger partial charge in [0.15, 0.2) is 0 Å². The molecule has 0 N–H and O–H groups in total. The Morgan fingerprint density at radius 1 is 1.17 bits per heavy atom. The molecule has 1 aromatic carbocycles. The number of sulfonamides is 1. The van der Waals surface area contributed by atoms with Gasteiger partial charge < -0.3 is 4.90 Å². The van der Waals surface area contributed by atoms with E-state index in [2.05, 4.69) is 23.3 Å². The quantitative estimate of drug-likeness (QED) is 0.680. The molecule has 30 heavy (non-hydrogen) atoms. The van der Waals surface area contributed by atoms with Gasteiger partial charge in [-0.1, -0.05) is 6.07 Å². The van der Waals surface area contributed by atoms with E-state index in [1.54, 1.807) is 27.8 Å². The zero-order valence-corrected chi connectivity index (χ0v) is 19.2. The van der Waals surface area contributed by atoms with E-state index < -0.39 is 10.0 Å². The molecule has 2 aromatic rings. The summed E-state index contributed by atoms with van der Waals surface area (Å²) in [7, 11) is -1.47. The number of hydrogen-bond donors (Lipinski definition) is 0. The fourth-order valence-electron chi connectivity index (χ4n) is 4.25. The van der Waals surface area contributed by atoms with Crippen molar-refractivity contribution in [1.29, 1.82) is 0 Å². The third kappa shape index (κ3) is 4.19. The lowest BCUT2D eigenvalue weighted by molar-refractivity contribution is -0.120. The molecule has 2 aliphatic rings. The molecule has 162 valence electrons. The highest BCUT2D eigenvalue weighted by Gasteiger charge is 2.30. The van der Waals surface area contributed by atoms with Crippen LogP contribution in [0.15, 0.2) is 40.6 Å². The molecule has 0 saturated carbocycles. The minimum Gasteiger partial charge on any atom is -0.311 e. The molecule has 3 heterocycles. The number of anilines is 1. The molecule has 4 rings (SSSR count). The van der Waals surface area contributed by atoms with E-state index in [0.717, 1.165) is 36.9 Å². The summed E-state index contributed by atoms with van der Waals surface area (Å²) < 4.78 is 27.4. The summed E-state index contributed by atoms with van der Waals surface area (Å²) in [5, 5.41) is 2.05. The van der Waals surface area contributed by atoms with Gasteiger partial charge >= 0.3 is 0 Å². The van der Waals surface area contributed by atoms with Crippen molar-refractivity contribution in [2.24, 2.45) is 0 Å². The SMILES string of the molecule is CC(c1cccs1)N(C)CC(=O)N1CCCc2cc(S(=O)(=O)N3CCCC3)ccc21. The van der Waals surface area contributed by atoms with Crippen molar-refractivity contribution in [3.8, 4) is 0 Å². The summed E-state index contributed by atoms with van der Waals surface area (Å²) in [5.41, 5.74) is 1.80. The highest BCUT2D eigenvalue weighted by atomic mass is 32.2. The number of carbonyl (C=O) groups excluding carboxylic acids is 1. The Hall–Kier alpha value is -1.74. The van der Waals surface area contributed by atoms with Gasteiger partial charge in [0.2, 0.25) is 15.9 Å². The molecule has 2 aliphatic heterocycles. The lowest BCUT2D eigenvalue weighted by Gasteiger charge is -2.32. The minimum atomic E-state index is -3.44. The number of nitrogens with zero attached hydrogens (tertiary/aromatic N) is 3. The van der Waals surface area contributed by atoms with Crippen molar-refractivity contribution in [3.05, 3.63) is 46.2 Å². The number of carbonyl (C=O) groups is 1. The number of amides is 1. The molecule has 1 fully saturated rings. The van der Waals surface area contributed by atoms with Crippen LogP contribution in [0, 0.1) is 0 Å². The van der Waals surface area contributed by atoms with Gasteiger partial charge in [-0.3, -0.25) is 9.69 Å². The normalized spacial score (nSPS) is 18.6. The second kappa shape index (κ2) is 8.78. The lowest BCUT2D eigenvalue weighted by Crippen LogP contribution is -2.42. The molecule has 0 spiro atoms. The van der Waals surface area contributed by atoms with Gasteiger partial charge in [-0.15, -0.1) is 11.3 Å². The lowest BCUT2D eigenvalue weighted by atomic mass is 10.0. The molecule has 1 atom stereocenters. The van der Waals surface area contributed by atoms with Crippen LogP contribution in [0.3, 0.4) is 0 Å². The molecule has 1 amide bonds.